The van der Waals surface area contributed by atoms with Gasteiger partial charge in [0.15, 0.2) is 6.04 Å². The van der Waals surface area contributed by atoms with Gasteiger partial charge in [-0.25, -0.2) is 9.59 Å². The van der Waals surface area contributed by atoms with Crippen molar-refractivity contribution in [3.63, 3.8) is 0 Å². The summed E-state index contributed by atoms with van der Waals surface area (Å²) in [6, 6.07) is 6.87. The SMILES string of the molecule is NCCNC(=O)N[C@@H](C(=O)O)c1ccccc1. The summed E-state index contributed by atoms with van der Waals surface area (Å²) in [5.74, 6) is -1.11. The minimum absolute atomic E-state index is 0.299. The van der Waals surface area contributed by atoms with Crippen LogP contribution in [-0.2, 0) is 4.79 Å². The lowest BCUT2D eigenvalue weighted by Crippen LogP contribution is -2.42. The van der Waals surface area contributed by atoms with Gasteiger partial charge in [-0.3, -0.25) is 0 Å². The van der Waals surface area contributed by atoms with E-state index in [0.717, 1.165) is 0 Å². The van der Waals surface area contributed by atoms with Gasteiger partial charge in [0.25, 0.3) is 0 Å². The van der Waals surface area contributed by atoms with Crippen LogP contribution in [0, 0.1) is 0 Å². The summed E-state index contributed by atoms with van der Waals surface area (Å²) in [4.78, 5) is 22.4. The average molecular weight is 237 g/mol. The molecule has 0 fully saturated rings. The molecule has 0 bridgehead atoms. The maximum Gasteiger partial charge on any atom is 0.330 e. The molecule has 1 aromatic carbocycles. The number of rotatable bonds is 5. The number of aliphatic carboxylic acids is 1. The lowest BCUT2D eigenvalue weighted by Gasteiger charge is -2.15. The predicted octanol–water partition coefficient (Wildman–Crippen LogP) is 0.0702. The van der Waals surface area contributed by atoms with Crippen molar-refractivity contribution >= 4 is 12.0 Å². The average Bonchev–Trinajstić information content (AvgIpc) is 2.34. The van der Waals surface area contributed by atoms with Gasteiger partial charge in [-0.05, 0) is 5.56 Å². The number of carbonyl (C=O) groups excluding carboxylic acids is 1. The van der Waals surface area contributed by atoms with Crippen molar-refractivity contribution in [1.29, 1.82) is 0 Å². The summed E-state index contributed by atoms with van der Waals surface area (Å²) < 4.78 is 0. The fourth-order valence-electron chi connectivity index (χ4n) is 1.30. The lowest BCUT2D eigenvalue weighted by molar-refractivity contribution is -0.139. The smallest absolute Gasteiger partial charge is 0.330 e. The number of amides is 2. The summed E-state index contributed by atoms with van der Waals surface area (Å²) >= 11 is 0. The molecule has 0 unspecified atom stereocenters. The molecule has 0 aliphatic rings. The van der Waals surface area contributed by atoms with Crippen LogP contribution in [0.4, 0.5) is 4.79 Å². The molecule has 0 heterocycles. The maximum atomic E-state index is 11.3. The second kappa shape index (κ2) is 6.49. The van der Waals surface area contributed by atoms with Gasteiger partial charge in [0.1, 0.15) is 0 Å². The largest absolute Gasteiger partial charge is 0.479 e. The Labute approximate surface area is 98.8 Å². The van der Waals surface area contributed by atoms with Gasteiger partial charge in [0.2, 0.25) is 0 Å². The van der Waals surface area contributed by atoms with Crippen LogP contribution in [-0.4, -0.2) is 30.2 Å². The highest BCUT2D eigenvalue weighted by atomic mass is 16.4. The van der Waals surface area contributed by atoms with E-state index in [1.165, 1.54) is 0 Å². The number of hydrogen-bond acceptors (Lipinski definition) is 3. The summed E-state index contributed by atoms with van der Waals surface area (Å²) in [6.45, 7) is 0.601. The first kappa shape index (κ1) is 13.0. The van der Waals surface area contributed by atoms with Crippen molar-refractivity contribution < 1.29 is 14.7 Å². The third kappa shape index (κ3) is 4.12. The normalized spacial score (nSPS) is 11.6. The van der Waals surface area contributed by atoms with Crippen molar-refractivity contribution in [2.75, 3.05) is 13.1 Å². The Hall–Kier alpha value is -2.08. The molecule has 6 nitrogen and oxygen atoms in total. The molecule has 0 saturated heterocycles. The minimum Gasteiger partial charge on any atom is -0.479 e. The molecular formula is C11H15N3O3. The highest BCUT2D eigenvalue weighted by Gasteiger charge is 2.21. The van der Waals surface area contributed by atoms with Gasteiger partial charge in [0, 0.05) is 13.1 Å². The van der Waals surface area contributed by atoms with E-state index in [2.05, 4.69) is 10.6 Å². The molecule has 0 saturated carbocycles. The van der Waals surface area contributed by atoms with E-state index in [1.807, 2.05) is 0 Å². The van der Waals surface area contributed by atoms with Crippen LogP contribution in [0.3, 0.4) is 0 Å². The quantitative estimate of drug-likeness (QED) is 0.581. The van der Waals surface area contributed by atoms with Crippen LogP contribution in [0.15, 0.2) is 30.3 Å². The number of hydrogen-bond donors (Lipinski definition) is 4. The molecule has 0 aliphatic carbocycles. The van der Waals surface area contributed by atoms with Crippen LogP contribution in [0.1, 0.15) is 11.6 Å². The Kier molecular flexibility index (Phi) is 4.96. The third-order valence-electron chi connectivity index (χ3n) is 2.09. The second-order valence-corrected chi connectivity index (χ2v) is 3.37. The van der Waals surface area contributed by atoms with Crippen LogP contribution in [0.5, 0.6) is 0 Å². The molecular weight excluding hydrogens is 222 g/mol. The standard InChI is InChI=1S/C11H15N3O3/c12-6-7-13-11(17)14-9(10(15)16)8-4-2-1-3-5-8/h1-5,9H,6-7,12H2,(H,15,16)(H2,13,14,17)/t9-/m1/s1. The fraction of sp³-hybridized carbons (Fsp3) is 0.273. The number of nitrogens with two attached hydrogens (primary N) is 1. The van der Waals surface area contributed by atoms with Gasteiger partial charge >= 0.3 is 12.0 Å². The molecule has 1 aromatic rings. The summed E-state index contributed by atoms with van der Waals surface area (Å²) in [5, 5.41) is 13.8. The molecule has 92 valence electrons. The van der Waals surface area contributed by atoms with E-state index >= 15 is 0 Å². The predicted molar refractivity (Wildman–Crippen MR) is 62.4 cm³/mol. The third-order valence-corrected chi connectivity index (χ3v) is 2.09. The molecule has 1 atom stereocenters. The Bertz CT molecular complexity index is 381. The molecule has 0 aromatic heterocycles. The summed E-state index contributed by atoms with van der Waals surface area (Å²) in [6.07, 6.45) is 0. The van der Waals surface area contributed by atoms with Crippen molar-refractivity contribution in [3.05, 3.63) is 35.9 Å². The maximum absolute atomic E-state index is 11.3. The first-order chi connectivity index (χ1) is 8.15. The number of benzene rings is 1. The zero-order valence-electron chi connectivity index (χ0n) is 9.22. The van der Waals surface area contributed by atoms with E-state index in [1.54, 1.807) is 30.3 Å². The van der Waals surface area contributed by atoms with Gasteiger partial charge in [-0.2, -0.15) is 0 Å². The van der Waals surface area contributed by atoms with E-state index in [0.29, 0.717) is 18.7 Å². The molecule has 0 radical (unpaired) electrons. The monoisotopic (exact) mass is 237 g/mol. The summed E-state index contributed by atoms with van der Waals surface area (Å²) in [7, 11) is 0. The Balaban J connectivity index is 2.68. The minimum atomic E-state index is -1.11. The van der Waals surface area contributed by atoms with Crippen LogP contribution in [0.2, 0.25) is 0 Å². The van der Waals surface area contributed by atoms with E-state index < -0.39 is 18.0 Å². The first-order valence-corrected chi connectivity index (χ1v) is 5.17. The van der Waals surface area contributed by atoms with Crippen LogP contribution in [0.25, 0.3) is 0 Å². The van der Waals surface area contributed by atoms with Crippen molar-refractivity contribution in [2.45, 2.75) is 6.04 Å². The molecule has 17 heavy (non-hydrogen) atoms. The zero-order valence-corrected chi connectivity index (χ0v) is 9.22. The van der Waals surface area contributed by atoms with Crippen LogP contribution < -0.4 is 16.4 Å². The lowest BCUT2D eigenvalue weighted by atomic mass is 10.1. The van der Waals surface area contributed by atoms with E-state index in [-0.39, 0.29) is 0 Å². The number of carboxylic acid groups (broad SMARTS) is 1. The topological polar surface area (TPSA) is 104 Å². The zero-order chi connectivity index (χ0) is 12.7. The highest BCUT2D eigenvalue weighted by Crippen LogP contribution is 2.12. The molecule has 2 amide bonds. The Morgan fingerprint density at radius 1 is 1.29 bits per heavy atom. The van der Waals surface area contributed by atoms with Gasteiger partial charge in [0.05, 0.1) is 0 Å². The summed E-state index contributed by atoms with van der Waals surface area (Å²) in [5.41, 5.74) is 5.74. The fourth-order valence-corrected chi connectivity index (χ4v) is 1.30. The number of carboxylic acids is 1. The molecule has 6 heteroatoms. The Morgan fingerprint density at radius 3 is 2.47 bits per heavy atom. The van der Waals surface area contributed by atoms with E-state index in [9.17, 15) is 9.59 Å². The first-order valence-electron chi connectivity index (χ1n) is 5.17. The number of carbonyl (C=O) groups is 2. The molecule has 1 rings (SSSR count). The highest BCUT2D eigenvalue weighted by molar-refractivity contribution is 5.83. The van der Waals surface area contributed by atoms with Gasteiger partial charge < -0.3 is 21.5 Å². The van der Waals surface area contributed by atoms with Crippen molar-refractivity contribution in [3.8, 4) is 0 Å². The Morgan fingerprint density at radius 2 is 1.94 bits per heavy atom. The number of urea groups is 1. The molecule has 5 N–H and O–H groups in total. The second-order valence-electron chi connectivity index (χ2n) is 3.37. The van der Waals surface area contributed by atoms with Crippen molar-refractivity contribution in [2.24, 2.45) is 5.73 Å². The van der Waals surface area contributed by atoms with Gasteiger partial charge in [-0.1, -0.05) is 30.3 Å². The van der Waals surface area contributed by atoms with E-state index in [4.69, 9.17) is 10.8 Å². The van der Waals surface area contributed by atoms with Crippen LogP contribution >= 0.6 is 0 Å². The molecule has 0 aliphatic heterocycles. The molecule has 0 spiro atoms. The number of nitrogens with one attached hydrogen (secondary N) is 2. The van der Waals surface area contributed by atoms with Crippen molar-refractivity contribution in [1.82, 2.24) is 10.6 Å². The van der Waals surface area contributed by atoms with Gasteiger partial charge in [-0.15, -0.1) is 0 Å².